The van der Waals surface area contributed by atoms with E-state index in [4.69, 9.17) is 4.74 Å². The van der Waals surface area contributed by atoms with Crippen molar-refractivity contribution in [3.8, 4) is 0 Å². The van der Waals surface area contributed by atoms with Crippen molar-refractivity contribution in [1.29, 1.82) is 0 Å². The van der Waals surface area contributed by atoms with Gasteiger partial charge in [0.15, 0.2) is 0 Å². The maximum atomic E-state index is 13.8. The Morgan fingerprint density at radius 3 is 2.79 bits per heavy atom. The third-order valence-electron chi connectivity index (χ3n) is 3.23. The number of ether oxygens (including phenoxy) is 1. The van der Waals surface area contributed by atoms with Gasteiger partial charge in [-0.1, -0.05) is 0 Å². The van der Waals surface area contributed by atoms with E-state index in [0.29, 0.717) is 17.6 Å². The number of hydrogen-bond donors (Lipinski definition) is 0. The molecule has 0 saturated heterocycles. The predicted octanol–water partition coefficient (Wildman–Crippen LogP) is 3.59. The lowest BCUT2D eigenvalue weighted by Crippen LogP contribution is -2.24. The Morgan fingerprint density at radius 2 is 2.11 bits per heavy atom. The molecular weight excluding hydrogens is 316 g/mol. The highest BCUT2D eigenvalue weighted by atomic mass is 79.9. The molecule has 0 atom stereocenters. The molecule has 2 nitrogen and oxygen atoms in total. The molecule has 0 aliphatic heterocycles. The lowest BCUT2D eigenvalue weighted by Gasteiger charge is -2.18. The molecule has 0 heterocycles. The van der Waals surface area contributed by atoms with Gasteiger partial charge in [0.2, 0.25) is 0 Å². The third kappa shape index (κ3) is 4.51. The highest BCUT2D eigenvalue weighted by Gasteiger charge is 2.21. The zero-order valence-corrected chi connectivity index (χ0v) is 12.6. The van der Waals surface area contributed by atoms with E-state index in [2.05, 4.69) is 15.9 Å². The molecule has 5 heteroatoms. The molecule has 106 valence electrons. The molecule has 19 heavy (non-hydrogen) atoms. The molecule has 0 spiro atoms. The lowest BCUT2D eigenvalue weighted by atomic mass is 10.2. The van der Waals surface area contributed by atoms with Crippen molar-refractivity contribution in [3.63, 3.8) is 0 Å². The van der Waals surface area contributed by atoms with Crippen LogP contribution in [0.5, 0.6) is 0 Å². The number of halogens is 3. The van der Waals surface area contributed by atoms with Crippen LogP contribution in [0.1, 0.15) is 18.4 Å². The molecule has 0 bridgehead atoms. The summed E-state index contributed by atoms with van der Waals surface area (Å²) in [7, 11) is 1.83. The Labute approximate surface area is 120 Å². The summed E-state index contributed by atoms with van der Waals surface area (Å²) in [5.74, 6) is -0.289. The van der Waals surface area contributed by atoms with Crippen LogP contribution in [-0.2, 0) is 11.3 Å². The number of rotatable bonds is 7. The van der Waals surface area contributed by atoms with Gasteiger partial charge in [-0.05, 0) is 53.9 Å². The standard InChI is InChI=1S/C14H18BrF2NO/c1-18(6-7-19-9-10-2-3-10)8-11-13(16)5-4-12(15)14(11)17/h4-5,10H,2-3,6-9H2,1H3. The van der Waals surface area contributed by atoms with Crippen molar-refractivity contribution in [2.24, 2.45) is 5.92 Å². The SMILES string of the molecule is CN(CCOCC1CC1)Cc1c(F)ccc(Br)c1F. The van der Waals surface area contributed by atoms with E-state index in [1.165, 1.54) is 25.0 Å². The Kier molecular flexibility index (Phi) is 5.30. The molecule has 1 aliphatic carbocycles. The van der Waals surface area contributed by atoms with E-state index in [9.17, 15) is 8.78 Å². The average molecular weight is 334 g/mol. The van der Waals surface area contributed by atoms with Crippen LogP contribution in [0.3, 0.4) is 0 Å². The second kappa shape index (κ2) is 6.77. The highest BCUT2D eigenvalue weighted by molar-refractivity contribution is 9.10. The molecule has 0 unspecified atom stereocenters. The molecule has 0 aromatic heterocycles. The van der Waals surface area contributed by atoms with Crippen molar-refractivity contribution in [2.75, 3.05) is 26.8 Å². The summed E-state index contributed by atoms with van der Waals surface area (Å²) in [6, 6.07) is 2.66. The van der Waals surface area contributed by atoms with Gasteiger partial charge in [-0.25, -0.2) is 8.78 Å². The Morgan fingerprint density at radius 1 is 1.37 bits per heavy atom. The number of nitrogens with zero attached hydrogens (tertiary/aromatic N) is 1. The summed E-state index contributed by atoms with van der Waals surface area (Å²) in [4.78, 5) is 1.86. The first kappa shape index (κ1) is 14.9. The molecule has 1 aromatic carbocycles. The smallest absolute Gasteiger partial charge is 0.144 e. The highest BCUT2D eigenvalue weighted by Crippen LogP contribution is 2.28. The van der Waals surface area contributed by atoms with E-state index >= 15 is 0 Å². The summed E-state index contributed by atoms with van der Waals surface area (Å²) in [5.41, 5.74) is 0.0964. The first-order valence-electron chi connectivity index (χ1n) is 6.46. The van der Waals surface area contributed by atoms with Gasteiger partial charge in [-0.15, -0.1) is 0 Å². The van der Waals surface area contributed by atoms with E-state index < -0.39 is 11.6 Å². The van der Waals surface area contributed by atoms with Gasteiger partial charge in [0.25, 0.3) is 0 Å². The maximum Gasteiger partial charge on any atom is 0.144 e. The number of likely N-dealkylation sites (N-methyl/N-ethyl adjacent to an activating group) is 1. The van der Waals surface area contributed by atoms with E-state index in [1.54, 1.807) is 0 Å². The minimum atomic E-state index is -0.522. The molecule has 0 amide bonds. The van der Waals surface area contributed by atoms with Crippen molar-refractivity contribution in [2.45, 2.75) is 19.4 Å². The summed E-state index contributed by atoms with van der Waals surface area (Å²) >= 11 is 3.07. The monoisotopic (exact) mass is 333 g/mol. The minimum absolute atomic E-state index is 0.0964. The second-order valence-electron chi connectivity index (χ2n) is 5.08. The van der Waals surface area contributed by atoms with E-state index in [0.717, 1.165) is 12.5 Å². The summed E-state index contributed by atoms with van der Waals surface area (Å²) in [6.45, 7) is 2.32. The van der Waals surface area contributed by atoms with Crippen molar-refractivity contribution >= 4 is 15.9 Å². The zero-order chi connectivity index (χ0) is 13.8. The normalized spacial score (nSPS) is 15.2. The van der Waals surface area contributed by atoms with Gasteiger partial charge in [-0.3, -0.25) is 4.90 Å². The van der Waals surface area contributed by atoms with Crippen LogP contribution in [-0.4, -0.2) is 31.7 Å². The maximum absolute atomic E-state index is 13.8. The lowest BCUT2D eigenvalue weighted by molar-refractivity contribution is 0.101. The van der Waals surface area contributed by atoms with Crippen LogP contribution in [0.25, 0.3) is 0 Å². The fourth-order valence-corrected chi connectivity index (χ4v) is 2.19. The van der Waals surface area contributed by atoms with Crippen LogP contribution in [0.2, 0.25) is 0 Å². The predicted molar refractivity (Wildman–Crippen MR) is 73.9 cm³/mol. The van der Waals surface area contributed by atoms with Gasteiger partial charge < -0.3 is 4.74 Å². The van der Waals surface area contributed by atoms with Crippen LogP contribution in [0, 0.1) is 17.6 Å². The van der Waals surface area contributed by atoms with Gasteiger partial charge in [-0.2, -0.15) is 0 Å². The molecule has 1 fully saturated rings. The van der Waals surface area contributed by atoms with Crippen LogP contribution in [0.15, 0.2) is 16.6 Å². The molecule has 2 rings (SSSR count). The van der Waals surface area contributed by atoms with Crippen molar-refractivity contribution in [3.05, 3.63) is 33.8 Å². The summed E-state index contributed by atoms with van der Waals surface area (Å²) in [5, 5.41) is 0. The topological polar surface area (TPSA) is 12.5 Å². The fraction of sp³-hybridized carbons (Fsp3) is 0.571. The van der Waals surface area contributed by atoms with Gasteiger partial charge >= 0.3 is 0 Å². The Hall–Kier alpha value is -0.520. The van der Waals surface area contributed by atoms with E-state index in [1.807, 2.05) is 11.9 Å². The zero-order valence-electron chi connectivity index (χ0n) is 11.0. The number of hydrogen-bond acceptors (Lipinski definition) is 2. The minimum Gasteiger partial charge on any atom is -0.380 e. The van der Waals surface area contributed by atoms with E-state index in [-0.39, 0.29) is 12.1 Å². The first-order valence-corrected chi connectivity index (χ1v) is 7.26. The molecule has 1 aromatic rings. The average Bonchev–Trinajstić information content (AvgIpc) is 3.19. The molecule has 1 saturated carbocycles. The molecule has 0 radical (unpaired) electrons. The van der Waals surface area contributed by atoms with Gasteiger partial charge in [0, 0.05) is 25.3 Å². The van der Waals surface area contributed by atoms with Gasteiger partial charge in [0.05, 0.1) is 11.1 Å². The number of benzene rings is 1. The van der Waals surface area contributed by atoms with Crippen LogP contribution in [0.4, 0.5) is 8.78 Å². The fourth-order valence-electron chi connectivity index (χ4n) is 1.82. The quantitative estimate of drug-likeness (QED) is 0.558. The van der Waals surface area contributed by atoms with Crippen LogP contribution < -0.4 is 0 Å². The molecule has 0 N–H and O–H groups in total. The summed E-state index contributed by atoms with van der Waals surface area (Å²) < 4.78 is 33.2. The Balaban J connectivity index is 1.80. The first-order chi connectivity index (χ1) is 9.08. The largest absolute Gasteiger partial charge is 0.380 e. The Bertz CT molecular complexity index is 438. The summed E-state index contributed by atoms with van der Waals surface area (Å²) in [6.07, 6.45) is 2.54. The van der Waals surface area contributed by atoms with Crippen molar-refractivity contribution < 1.29 is 13.5 Å². The molecular formula is C14H18BrF2NO. The van der Waals surface area contributed by atoms with Crippen molar-refractivity contribution in [1.82, 2.24) is 4.90 Å². The molecule has 1 aliphatic rings. The van der Waals surface area contributed by atoms with Gasteiger partial charge in [0.1, 0.15) is 11.6 Å². The third-order valence-corrected chi connectivity index (χ3v) is 3.85. The van der Waals surface area contributed by atoms with Crippen LogP contribution >= 0.6 is 15.9 Å². The second-order valence-corrected chi connectivity index (χ2v) is 5.93.